The van der Waals surface area contributed by atoms with Gasteiger partial charge in [-0.05, 0) is 25.1 Å². The third-order valence-corrected chi connectivity index (χ3v) is 2.72. The van der Waals surface area contributed by atoms with Gasteiger partial charge in [-0.3, -0.25) is 9.59 Å². The van der Waals surface area contributed by atoms with E-state index in [-0.39, 0.29) is 17.2 Å². The summed E-state index contributed by atoms with van der Waals surface area (Å²) in [5, 5.41) is 9.46. The zero-order valence-electron chi connectivity index (χ0n) is 10.5. The number of carbonyl (C=O) groups is 1. The first-order valence-corrected chi connectivity index (χ1v) is 5.91. The molecule has 1 aromatic carbocycles. The Hall–Kier alpha value is -2.56. The lowest BCUT2D eigenvalue weighted by molar-refractivity contribution is 0.0988. The Bertz CT molecular complexity index is 649. The van der Waals surface area contributed by atoms with Gasteiger partial charge in [-0.2, -0.15) is 0 Å². The molecule has 1 amide bonds. The number of nitrogens with zero attached hydrogens (tertiary/aromatic N) is 1. The summed E-state index contributed by atoms with van der Waals surface area (Å²) in [5.41, 5.74) is 0.583. The van der Waals surface area contributed by atoms with Gasteiger partial charge in [-0.15, -0.1) is 0 Å². The summed E-state index contributed by atoms with van der Waals surface area (Å²) in [5.74, 6) is -0.186. The Kier molecular flexibility index (Phi) is 3.66. The Morgan fingerprint density at radius 1 is 1.32 bits per heavy atom. The minimum atomic E-state index is -0.321. The zero-order valence-corrected chi connectivity index (χ0v) is 10.5. The lowest BCUT2D eigenvalue weighted by Crippen LogP contribution is -2.31. The van der Waals surface area contributed by atoms with Crippen molar-refractivity contribution in [2.24, 2.45) is 0 Å². The first kappa shape index (κ1) is 12.9. The fraction of sp³-hybridized carbons (Fsp3) is 0.143. The Balaban J connectivity index is 2.37. The van der Waals surface area contributed by atoms with Crippen molar-refractivity contribution in [1.82, 2.24) is 4.98 Å². The maximum Gasteiger partial charge on any atom is 0.258 e. The molecule has 0 radical (unpaired) electrons. The molecule has 0 bridgehead atoms. The van der Waals surface area contributed by atoms with Crippen LogP contribution in [0.4, 0.5) is 5.69 Å². The van der Waals surface area contributed by atoms with E-state index in [2.05, 4.69) is 4.98 Å². The molecular formula is C14H14N2O3. The van der Waals surface area contributed by atoms with Crippen LogP contribution in [0.25, 0.3) is 0 Å². The third-order valence-electron chi connectivity index (χ3n) is 2.72. The number of amides is 1. The number of nitrogens with one attached hydrogen (secondary N) is 1. The van der Waals surface area contributed by atoms with Gasteiger partial charge in [0.1, 0.15) is 5.75 Å². The molecule has 98 valence electrons. The van der Waals surface area contributed by atoms with E-state index >= 15 is 0 Å². The average Bonchev–Trinajstić information content (AvgIpc) is 2.39. The van der Waals surface area contributed by atoms with Gasteiger partial charge in [0.2, 0.25) is 5.56 Å². The van der Waals surface area contributed by atoms with Crippen LogP contribution < -0.4 is 10.5 Å². The maximum atomic E-state index is 12.3. The summed E-state index contributed by atoms with van der Waals surface area (Å²) in [4.78, 5) is 27.5. The van der Waals surface area contributed by atoms with Crippen LogP contribution in [0.3, 0.4) is 0 Å². The van der Waals surface area contributed by atoms with Crippen LogP contribution >= 0.6 is 0 Å². The van der Waals surface area contributed by atoms with Crippen LogP contribution in [0.15, 0.2) is 47.4 Å². The number of phenols is 1. The molecule has 2 aromatic rings. The number of aromatic nitrogens is 1. The van der Waals surface area contributed by atoms with Gasteiger partial charge in [-0.1, -0.05) is 6.07 Å². The minimum absolute atomic E-state index is 0.0923. The second-order valence-electron chi connectivity index (χ2n) is 4.01. The SMILES string of the molecule is CCN(C(=O)c1cc[nH]c(=O)c1)c1cccc(O)c1. The number of hydrogen-bond acceptors (Lipinski definition) is 3. The third kappa shape index (κ3) is 2.82. The van der Waals surface area contributed by atoms with Crippen LogP contribution in [0.5, 0.6) is 5.75 Å². The van der Waals surface area contributed by atoms with E-state index in [1.54, 1.807) is 18.2 Å². The zero-order chi connectivity index (χ0) is 13.8. The fourth-order valence-corrected chi connectivity index (χ4v) is 1.84. The van der Waals surface area contributed by atoms with Gasteiger partial charge in [0, 0.05) is 36.1 Å². The molecule has 2 rings (SSSR count). The Labute approximate surface area is 110 Å². The van der Waals surface area contributed by atoms with Crippen LogP contribution in [0, 0.1) is 0 Å². The van der Waals surface area contributed by atoms with Crippen LogP contribution in [-0.4, -0.2) is 22.5 Å². The number of hydrogen-bond donors (Lipinski definition) is 2. The quantitative estimate of drug-likeness (QED) is 0.880. The Morgan fingerprint density at radius 3 is 2.74 bits per heavy atom. The lowest BCUT2D eigenvalue weighted by Gasteiger charge is -2.21. The predicted octanol–water partition coefficient (Wildman–Crippen LogP) is 1.75. The number of aromatic hydroxyl groups is 1. The monoisotopic (exact) mass is 258 g/mol. The molecule has 0 spiro atoms. The second-order valence-corrected chi connectivity index (χ2v) is 4.01. The summed E-state index contributed by atoms with van der Waals surface area (Å²) in [7, 11) is 0. The number of aromatic amines is 1. The van der Waals surface area contributed by atoms with Gasteiger partial charge >= 0.3 is 0 Å². The van der Waals surface area contributed by atoms with E-state index < -0.39 is 0 Å². The summed E-state index contributed by atoms with van der Waals surface area (Å²) >= 11 is 0. The van der Waals surface area contributed by atoms with Crippen LogP contribution in [-0.2, 0) is 0 Å². The van der Waals surface area contributed by atoms with Crippen molar-refractivity contribution in [3.05, 3.63) is 58.5 Å². The highest BCUT2D eigenvalue weighted by Gasteiger charge is 2.16. The first-order valence-electron chi connectivity index (χ1n) is 5.91. The number of carbonyl (C=O) groups excluding carboxylic acids is 1. The highest BCUT2D eigenvalue weighted by molar-refractivity contribution is 6.06. The maximum absolute atomic E-state index is 12.3. The number of benzene rings is 1. The second kappa shape index (κ2) is 5.39. The molecule has 1 aromatic heterocycles. The number of H-pyrrole nitrogens is 1. The molecule has 0 saturated heterocycles. The molecular weight excluding hydrogens is 244 g/mol. The van der Waals surface area contributed by atoms with Crippen LogP contribution in [0.2, 0.25) is 0 Å². The van der Waals surface area contributed by atoms with E-state index in [1.165, 1.54) is 29.3 Å². The van der Waals surface area contributed by atoms with E-state index in [1.807, 2.05) is 6.92 Å². The topological polar surface area (TPSA) is 73.4 Å². The highest BCUT2D eigenvalue weighted by atomic mass is 16.3. The predicted molar refractivity (Wildman–Crippen MR) is 72.5 cm³/mol. The summed E-state index contributed by atoms with van der Waals surface area (Å²) in [6.07, 6.45) is 1.44. The van der Waals surface area contributed by atoms with Gasteiger partial charge in [0.25, 0.3) is 5.91 Å². The van der Waals surface area contributed by atoms with Crippen molar-refractivity contribution in [3.63, 3.8) is 0 Å². The number of rotatable bonds is 3. The van der Waals surface area contributed by atoms with Gasteiger partial charge in [0.15, 0.2) is 0 Å². The van der Waals surface area contributed by atoms with Gasteiger partial charge < -0.3 is 15.0 Å². The molecule has 1 heterocycles. The smallest absolute Gasteiger partial charge is 0.258 e. The van der Waals surface area contributed by atoms with Crippen molar-refractivity contribution in [1.29, 1.82) is 0 Å². The number of pyridine rings is 1. The molecule has 0 atom stereocenters. The number of phenolic OH excluding ortho intramolecular Hbond substituents is 1. The molecule has 0 aliphatic rings. The van der Waals surface area contributed by atoms with Gasteiger partial charge in [-0.25, -0.2) is 0 Å². The Morgan fingerprint density at radius 2 is 2.11 bits per heavy atom. The summed E-state index contributed by atoms with van der Waals surface area (Å²) in [6, 6.07) is 9.25. The highest BCUT2D eigenvalue weighted by Crippen LogP contribution is 2.21. The van der Waals surface area contributed by atoms with Crippen molar-refractivity contribution < 1.29 is 9.90 Å². The van der Waals surface area contributed by atoms with E-state index in [4.69, 9.17) is 0 Å². The molecule has 2 N–H and O–H groups in total. The van der Waals surface area contributed by atoms with Crippen LogP contribution in [0.1, 0.15) is 17.3 Å². The largest absolute Gasteiger partial charge is 0.508 e. The summed E-state index contributed by atoms with van der Waals surface area (Å²) < 4.78 is 0. The molecule has 0 unspecified atom stereocenters. The molecule has 19 heavy (non-hydrogen) atoms. The van der Waals surface area contributed by atoms with Crippen molar-refractivity contribution >= 4 is 11.6 Å². The average molecular weight is 258 g/mol. The molecule has 0 aliphatic heterocycles. The van der Waals surface area contributed by atoms with Gasteiger partial charge in [0.05, 0.1) is 0 Å². The molecule has 5 heteroatoms. The normalized spacial score (nSPS) is 10.2. The summed E-state index contributed by atoms with van der Waals surface area (Å²) in [6.45, 7) is 2.27. The molecule has 5 nitrogen and oxygen atoms in total. The molecule has 0 aliphatic carbocycles. The minimum Gasteiger partial charge on any atom is -0.508 e. The number of anilines is 1. The van der Waals surface area contributed by atoms with Crippen molar-refractivity contribution in [2.75, 3.05) is 11.4 Å². The fourth-order valence-electron chi connectivity index (χ4n) is 1.84. The molecule has 0 fully saturated rings. The first-order chi connectivity index (χ1) is 9.11. The molecule has 0 saturated carbocycles. The standard InChI is InChI=1S/C14H14N2O3/c1-2-16(11-4-3-5-12(17)9-11)14(19)10-6-7-15-13(18)8-10/h3-9,17H,2H2,1H3,(H,15,18). The van der Waals surface area contributed by atoms with Crippen molar-refractivity contribution in [2.45, 2.75) is 6.92 Å². The van der Waals surface area contributed by atoms with E-state index in [9.17, 15) is 14.7 Å². The lowest BCUT2D eigenvalue weighted by atomic mass is 10.2. The van der Waals surface area contributed by atoms with E-state index in [0.717, 1.165) is 0 Å². The van der Waals surface area contributed by atoms with Crippen molar-refractivity contribution in [3.8, 4) is 5.75 Å². The van der Waals surface area contributed by atoms with E-state index in [0.29, 0.717) is 17.8 Å².